The molecule has 31 heavy (non-hydrogen) atoms. The molecule has 4 rings (SSSR count). The largest absolute Gasteiger partial charge is 0.489 e. The van der Waals surface area contributed by atoms with Crippen molar-refractivity contribution in [2.75, 3.05) is 4.90 Å². The maximum atomic E-state index is 13.1. The predicted molar refractivity (Wildman–Crippen MR) is 133 cm³/mol. The van der Waals surface area contributed by atoms with Gasteiger partial charge in [0.2, 0.25) is 0 Å². The van der Waals surface area contributed by atoms with E-state index in [1.807, 2.05) is 54.6 Å². The molecule has 0 bridgehead atoms. The molecule has 0 N–H and O–H groups in total. The van der Waals surface area contributed by atoms with E-state index in [-0.39, 0.29) is 5.91 Å². The van der Waals surface area contributed by atoms with Crippen molar-refractivity contribution in [1.29, 1.82) is 0 Å². The van der Waals surface area contributed by atoms with Gasteiger partial charge in [-0.25, -0.2) is 0 Å². The molecule has 1 heterocycles. The molecule has 0 atom stereocenters. The molecule has 156 valence electrons. The summed E-state index contributed by atoms with van der Waals surface area (Å²) in [6, 6.07) is 24.0. The van der Waals surface area contributed by atoms with Crippen molar-refractivity contribution in [3.05, 3.63) is 100.0 Å². The van der Waals surface area contributed by atoms with E-state index in [4.69, 9.17) is 17.0 Å². The van der Waals surface area contributed by atoms with Crippen molar-refractivity contribution >= 4 is 46.0 Å². The number of carbonyl (C=O) groups excluding carboxylic acids is 1. The van der Waals surface area contributed by atoms with Crippen LogP contribution in [0, 0.1) is 6.92 Å². The number of aryl methyl sites for hydroxylation is 2. The maximum absolute atomic E-state index is 13.1. The summed E-state index contributed by atoms with van der Waals surface area (Å²) in [5, 5.41) is 0. The maximum Gasteiger partial charge on any atom is 0.270 e. The van der Waals surface area contributed by atoms with Crippen LogP contribution in [0.15, 0.2) is 77.7 Å². The molecule has 1 saturated heterocycles. The summed E-state index contributed by atoms with van der Waals surface area (Å²) < 4.78 is 6.44. The minimum Gasteiger partial charge on any atom is -0.489 e. The van der Waals surface area contributed by atoms with Crippen molar-refractivity contribution in [2.24, 2.45) is 0 Å². The fraction of sp³-hybridized carbons (Fsp3) is 0.154. The first kappa shape index (κ1) is 21.3. The molecule has 0 radical (unpaired) electrons. The highest BCUT2D eigenvalue weighted by Gasteiger charge is 2.34. The first-order valence-corrected chi connectivity index (χ1v) is 11.4. The number of thioether (sulfide) groups is 1. The van der Waals surface area contributed by atoms with Gasteiger partial charge in [-0.2, -0.15) is 0 Å². The first-order chi connectivity index (χ1) is 15.0. The summed E-state index contributed by atoms with van der Waals surface area (Å²) in [7, 11) is 0. The number of amides is 1. The predicted octanol–water partition coefficient (Wildman–Crippen LogP) is 6.54. The molecular weight excluding hydrogens is 422 g/mol. The van der Waals surface area contributed by atoms with Gasteiger partial charge in [-0.3, -0.25) is 9.69 Å². The second kappa shape index (κ2) is 9.50. The molecule has 5 heteroatoms. The standard InChI is InChI=1S/C26H23NO2S2/c1-3-21-6-4-5-7-23(21)27-25(28)24(31-26(27)30)16-19-12-14-22(15-13-19)29-17-20-10-8-18(2)9-11-20/h4-16H,3,17H2,1-2H3/b24-16-. The number of benzene rings is 3. The third kappa shape index (κ3) is 4.89. The summed E-state index contributed by atoms with van der Waals surface area (Å²) in [6.45, 7) is 4.67. The van der Waals surface area contributed by atoms with E-state index < -0.39 is 0 Å². The third-order valence-electron chi connectivity index (χ3n) is 5.11. The molecule has 1 amide bonds. The molecule has 0 aromatic heterocycles. The van der Waals surface area contributed by atoms with Crippen LogP contribution in [0.3, 0.4) is 0 Å². The summed E-state index contributed by atoms with van der Waals surface area (Å²) in [4.78, 5) is 15.3. The zero-order valence-electron chi connectivity index (χ0n) is 17.5. The van der Waals surface area contributed by atoms with Crippen LogP contribution in [-0.4, -0.2) is 10.2 Å². The summed E-state index contributed by atoms with van der Waals surface area (Å²) >= 11 is 6.86. The quantitative estimate of drug-likeness (QED) is 0.318. The lowest BCUT2D eigenvalue weighted by atomic mass is 10.1. The lowest BCUT2D eigenvalue weighted by molar-refractivity contribution is -0.113. The second-order valence-electron chi connectivity index (χ2n) is 7.34. The van der Waals surface area contributed by atoms with Gasteiger partial charge < -0.3 is 4.74 Å². The Bertz CT molecular complexity index is 1130. The van der Waals surface area contributed by atoms with Crippen molar-refractivity contribution in [1.82, 2.24) is 0 Å². The van der Waals surface area contributed by atoms with Gasteiger partial charge in [-0.1, -0.05) is 91.1 Å². The number of hydrogen-bond acceptors (Lipinski definition) is 4. The van der Waals surface area contributed by atoms with Crippen molar-refractivity contribution in [3.8, 4) is 5.75 Å². The Balaban J connectivity index is 1.46. The van der Waals surface area contributed by atoms with Gasteiger partial charge in [0.1, 0.15) is 12.4 Å². The SMILES string of the molecule is CCc1ccccc1N1C(=O)/C(=C/c2ccc(OCc3ccc(C)cc3)cc2)SC1=S. The monoisotopic (exact) mass is 445 g/mol. The van der Waals surface area contributed by atoms with Crippen LogP contribution in [0.25, 0.3) is 6.08 Å². The molecule has 0 aliphatic carbocycles. The number of nitrogens with zero attached hydrogens (tertiary/aromatic N) is 1. The zero-order chi connectivity index (χ0) is 21.8. The van der Waals surface area contributed by atoms with Gasteiger partial charge in [0.05, 0.1) is 10.6 Å². The molecule has 3 aromatic carbocycles. The van der Waals surface area contributed by atoms with E-state index in [1.54, 1.807) is 4.90 Å². The summed E-state index contributed by atoms with van der Waals surface area (Å²) in [5.41, 5.74) is 5.28. The van der Waals surface area contributed by atoms with Crippen molar-refractivity contribution in [3.63, 3.8) is 0 Å². The highest BCUT2D eigenvalue weighted by molar-refractivity contribution is 8.27. The average Bonchev–Trinajstić information content (AvgIpc) is 3.07. The van der Waals surface area contributed by atoms with E-state index >= 15 is 0 Å². The van der Waals surface area contributed by atoms with E-state index in [0.29, 0.717) is 15.8 Å². The number of anilines is 1. The lowest BCUT2D eigenvalue weighted by Crippen LogP contribution is -2.28. The van der Waals surface area contributed by atoms with E-state index in [0.717, 1.165) is 34.5 Å². The van der Waals surface area contributed by atoms with Crippen LogP contribution in [0.1, 0.15) is 29.2 Å². The molecule has 0 unspecified atom stereocenters. The normalized spacial score (nSPS) is 15.0. The smallest absolute Gasteiger partial charge is 0.270 e. The number of ether oxygens (including phenoxy) is 1. The first-order valence-electron chi connectivity index (χ1n) is 10.2. The van der Waals surface area contributed by atoms with Gasteiger partial charge in [0, 0.05) is 0 Å². The Morgan fingerprint density at radius 3 is 2.42 bits per heavy atom. The van der Waals surface area contributed by atoms with E-state index in [9.17, 15) is 4.79 Å². The lowest BCUT2D eigenvalue weighted by Gasteiger charge is -2.18. The number of rotatable bonds is 6. The van der Waals surface area contributed by atoms with Crippen LogP contribution in [-0.2, 0) is 17.8 Å². The third-order valence-corrected chi connectivity index (χ3v) is 6.41. The topological polar surface area (TPSA) is 29.5 Å². The van der Waals surface area contributed by atoms with Crippen LogP contribution in [0.5, 0.6) is 5.75 Å². The van der Waals surface area contributed by atoms with Gasteiger partial charge >= 0.3 is 0 Å². The molecule has 3 nitrogen and oxygen atoms in total. The van der Waals surface area contributed by atoms with Crippen LogP contribution in [0.2, 0.25) is 0 Å². The van der Waals surface area contributed by atoms with Crippen molar-refractivity contribution in [2.45, 2.75) is 26.9 Å². The van der Waals surface area contributed by atoms with Crippen LogP contribution in [0.4, 0.5) is 5.69 Å². The highest BCUT2D eigenvalue weighted by Crippen LogP contribution is 2.37. The van der Waals surface area contributed by atoms with Gasteiger partial charge in [-0.05, 0) is 54.3 Å². The number of para-hydroxylation sites is 1. The minimum atomic E-state index is -0.0735. The molecule has 1 fully saturated rings. The Morgan fingerprint density at radius 2 is 1.71 bits per heavy atom. The van der Waals surface area contributed by atoms with E-state index in [1.165, 1.54) is 17.3 Å². The second-order valence-corrected chi connectivity index (χ2v) is 9.02. The average molecular weight is 446 g/mol. The van der Waals surface area contributed by atoms with Crippen LogP contribution < -0.4 is 9.64 Å². The molecule has 0 saturated carbocycles. The number of hydrogen-bond donors (Lipinski definition) is 0. The Hall–Kier alpha value is -2.89. The molecule has 0 spiro atoms. The summed E-state index contributed by atoms with van der Waals surface area (Å²) in [5.74, 6) is 0.720. The number of carbonyl (C=O) groups is 1. The number of thiocarbonyl (C=S) groups is 1. The minimum absolute atomic E-state index is 0.0735. The Morgan fingerprint density at radius 1 is 1.00 bits per heavy atom. The molecule has 1 aliphatic heterocycles. The fourth-order valence-electron chi connectivity index (χ4n) is 3.37. The zero-order valence-corrected chi connectivity index (χ0v) is 19.1. The van der Waals surface area contributed by atoms with Crippen LogP contribution >= 0.6 is 24.0 Å². The van der Waals surface area contributed by atoms with Gasteiger partial charge in [0.25, 0.3) is 5.91 Å². The highest BCUT2D eigenvalue weighted by atomic mass is 32.2. The Labute approximate surface area is 192 Å². The van der Waals surface area contributed by atoms with Gasteiger partial charge in [0.15, 0.2) is 4.32 Å². The Kier molecular flexibility index (Phi) is 6.54. The summed E-state index contributed by atoms with van der Waals surface area (Å²) in [6.07, 6.45) is 2.73. The van der Waals surface area contributed by atoms with Gasteiger partial charge in [-0.15, -0.1) is 0 Å². The van der Waals surface area contributed by atoms with Crippen molar-refractivity contribution < 1.29 is 9.53 Å². The molecular formula is C26H23NO2S2. The molecule has 1 aliphatic rings. The fourth-order valence-corrected chi connectivity index (χ4v) is 4.65. The molecule has 3 aromatic rings. The van der Waals surface area contributed by atoms with E-state index in [2.05, 4.69) is 38.1 Å².